The van der Waals surface area contributed by atoms with Gasteiger partial charge < -0.3 is 5.32 Å². The number of rotatable bonds is 3. The Kier molecular flexibility index (Phi) is 3.75. The highest BCUT2D eigenvalue weighted by Gasteiger charge is 2.22. The molecule has 0 radical (unpaired) electrons. The highest BCUT2D eigenvalue weighted by molar-refractivity contribution is 6.43. The normalized spacial score (nSPS) is 15.8. The third kappa shape index (κ3) is 3.24. The van der Waals surface area contributed by atoms with Gasteiger partial charge in [0.1, 0.15) is 0 Å². The van der Waals surface area contributed by atoms with Crippen molar-refractivity contribution in [2.45, 2.75) is 25.8 Å². The number of allylic oxidation sites excluding steroid dienone is 1. The van der Waals surface area contributed by atoms with Gasteiger partial charge in [0.05, 0.1) is 10.0 Å². The summed E-state index contributed by atoms with van der Waals surface area (Å²) in [5, 5.41) is 3.88. The predicted molar refractivity (Wildman–Crippen MR) is 71.3 cm³/mol. The molecule has 0 atom stereocenters. The first-order chi connectivity index (χ1) is 8.08. The predicted octanol–water partition coefficient (Wildman–Crippen LogP) is 3.68. The lowest BCUT2D eigenvalue weighted by Gasteiger charge is -2.06. The molecule has 0 aliphatic heterocycles. The van der Waals surface area contributed by atoms with E-state index in [4.69, 9.17) is 23.2 Å². The number of hydrogen-bond donors (Lipinski definition) is 1. The average Bonchev–Trinajstić information content (AvgIpc) is 3.05. The van der Waals surface area contributed by atoms with Gasteiger partial charge in [-0.25, -0.2) is 0 Å². The summed E-state index contributed by atoms with van der Waals surface area (Å²) >= 11 is 12.0. The molecule has 1 aromatic carbocycles. The molecule has 0 heterocycles. The number of carbonyl (C=O) groups excluding carboxylic acids is 1. The number of amides is 1. The maximum atomic E-state index is 11.6. The number of benzene rings is 1. The van der Waals surface area contributed by atoms with E-state index >= 15 is 0 Å². The van der Waals surface area contributed by atoms with Crippen LogP contribution >= 0.6 is 23.2 Å². The highest BCUT2D eigenvalue weighted by atomic mass is 35.5. The van der Waals surface area contributed by atoms with Crippen molar-refractivity contribution < 1.29 is 4.79 Å². The third-order valence-corrected chi connectivity index (χ3v) is 3.47. The van der Waals surface area contributed by atoms with Crippen LogP contribution in [0.15, 0.2) is 24.3 Å². The SMILES string of the molecule is C/C(=C/C(=O)NC1CC1)c1cccc(Cl)c1Cl. The second-order valence-electron chi connectivity index (χ2n) is 4.21. The summed E-state index contributed by atoms with van der Waals surface area (Å²) in [6.07, 6.45) is 3.73. The molecule has 0 aromatic heterocycles. The summed E-state index contributed by atoms with van der Waals surface area (Å²) in [6, 6.07) is 5.76. The molecule has 0 saturated heterocycles. The molecule has 0 unspecified atom stereocenters. The largest absolute Gasteiger partial charge is 0.350 e. The summed E-state index contributed by atoms with van der Waals surface area (Å²) in [4.78, 5) is 11.6. The van der Waals surface area contributed by atoms with Crippen molar-refractivity contribution in [3.63, 3.8) is 0 Å². The molecule has 17 heavy (non-hydrogen) atoms. The Morgan fingerprint density at radius 3 is 2.76 bits per heavy atom. The van der Waals surface area contributed by atoms with Crippen LogP contribution in [0.4, 0.5) is 0 Å². The van der Waals surface area contributed by atoms with Gasteiger partial charge in [0.2, 0.25) is 5.91 Å². The van der Waals surface area contributed by atoms with Crippen LogP contribution in [-0.2, 0) is 4.79 Å². The van der Waals surface area contributed by atoms with Gasteiger partial charge >= 0.3 is 0 Å². The topological polar surface area (TPSA) is 29.1 Å². The maximum Gasteiger partial charge on any atom is 0.244 e. The molecule has 2 nitrogen and oxygen atoms in total. The lowest BCUT2D eigenvalue weighted by molar-refractivity contribution is -0.116. The first-order valence-electron chi connectivity index (χ1n) is 5.51. The molecule has 1 aromatic rings. The van der Waals surface area contributed by atoms with Crippen LogP contribution in [0.2, 0.25) is 10.0 Å². The molecular formula is C13H13Cl2NO. The van der Waals surface area contributed by atoms with Crippen molar-refractivity contribution in [3.05, 3.63) is 39.9 Å². The Balaban J connectivity index is 2.17. The minimum atomic E-state index is -0.0685. The quantitative estimate of drug-likeness (QED) is 0.834. The average molecular weight is 270 g/mol. The van der Waals surface area contributed by atoms with Gasteiger partial charge in [-0.3, -0.25) is 4.79 Å². The lowest BCUT2D eigenvalue weighted by Crippen LogP contribution is -2.23. The Morgan fingerprint density at radius 2 is 2.12 bits per heavy atom. The van der Waals surface area contributed by atoms with Crippen LogP contribution in [0, 0.1) is 0 Å². The molecule has 1 fully saturated rings. The smallest absolute Gasteiger partial charge is 0.244 e. The van der Waals surface area contributed by atoms with Gasteiger partial charge in [-0.05, 0) is 37.0 Å². The van der Waals surface area contributed by atoms with Crippen molar-refractivity contribution in [3.8, 4) is 0 Å². The van der Waals surface area contributed by atoms with E-state index in [0.29, 0.717) is 16.1 Å². The second kappa shape index (κ2) is 5.11. The molecule has 2 rings (SSSR count). The van der Waals surface area contributed by atoms with Crippen LogP contribution in [-0.4, -0.2) is 11.9 Å². The molecule has 1 N–H and O–H groups in total. The van der Waals surface area contributed by atoms with Crippen molar-refractivity contribution in [2.75, 3.05) is 0 Å². The van der Waals surface area contributed by atoms with Gasteiger partial charge in [0.25, 0.3) is 0 Å². The van der Waals surface area contributed by atoms with E-state index in [1.165, 1.54) is 0 Å². The minimum absolute atomic E-state index is 0.0685. The number of carbonyl (C=O) groups is 1. The van der Waals surface area contributed by atoms with Gasteiger partial charge in [-0.15, -0.1) is 0 Å². The summed E-state index contributed by atoms with van der Waals surface area (Å²) in [5.41, 5.74) is 1.61. The fourth-order valence-corrected chi connectivity index (χ4v) is 2.00. The number of nitrogens with one attached hydrogen (secondary N) is 1. The molecule has 1 aliphatic rings. The number of halogens is 2. The monoisotopic (exact) mass is 269 g/mol. The van der Waals surface area contributed by atoms with E-state index in [2.05, 4.69) is 5.32 Å². The van der Waals surface area contributed by atoms with Crippen molar-refractivity contribution in [1.82, 2.24) is 5.32 Å². The Morgan fingerprint density at radius 1 is 1.41 bits per heavy atom. The van der Waals surface area contributed by atoms with Crippen molar-refractivity contribution >= 4 is 34.7 Å². The minimum Gasteiger partial charge on any atom is -0.350 e. The fraction of sp³-hybridized carbons (Fsp3) is 0.308. The molecule has 4 heteroatoms. The Hall–Kier alpha value is -0.990. The summed E-state index contributed by atoms with van der Waals surface area (Å²) in [7, 11) is 0. The Labute approximate surface area is 111 Å². The molecular weight excluding hydrogens is 257 g/mol. The summed E-state index contributed by atoms with van der Waals surface area (Å²) in [6.45, 7) is 1.85. The molecule has 1 saturated carbocycles. The highest BCUT2D eigenvalue weighted by Crippen LogP contribution is 2.30. The standard InChI is InChI=1S/C13H13Cl2NO/c1-8(7-12(17)16-9-5-6-9)10-3-2-4-11(14)13(10)15/h2-4,7,9H,5-6H2,1H3,(H,16,17)/b8-7-. The zero-order valence-corrected chi connectivity index (χ0v) is 11.0. The van der Waals surface area contributed by atoms with E-state index in [9.17, 15) is 4.79 Å². The van der Waals surface area contributed by atoms with Gasteiger partial charge in [0, 0.05) is 12.1 Å². The Bertz CT molecular complexity index is 478. The summed E-state index contributed by atoms with van der Waals surface area (Å²) < 4.78 is 0. The van der Waals surface area contributed by atoms with Crippen molar-refractivity contribution in [1.29, 1.82) is 0 Å². The maximum absolute atomic E-state index is 11.6. The number of hydrogen-bond acceptors (Lipinski definition) is 1. The van der Waals surface area contributed by atoms with Crippen LogP contribution in [0.1, 0.15) is 25.3 Å². The van der Waals surface area contributed by atoms with Gasteiger partial charge in [-0.1, -0.05) is 35.3 Å². The van der Waals surface area contributed by atoms with Crippen LogP contribution in [0.3, 0.4) is 0 Å². The van der Waals surface area contributed by atoms with E-state index < -0.39 is 0 Å². The molecule has 90 valence electrons. The first-order valence-corrected chi connectivity index (χ1v) is 6.26. The lowest BCUT2D eigenvalue weighted by atomic mass is 10.1. The van der Waals surface area contributed by atoms with Gasteiger partial charge in [0.15, 0.2) is 0 Å². The third-order valence-electron chi connectivity index (χ3n) is 2.65. The second-order valence-corrected chi connectivity index (χ2v) is 5.00. The molecule has 0 bridgehead atoms. The molecule has 1 aliphatic carbocycles. The fourth-order valence-electron chi connectivity index (χ4n) is 1.55. The van der Waals surface area contributed by atoms with E-state index in [0.717, 1.165) is 24.0 Å². The first kappa shape index (κ1) is 12.5. The zero-order chi connectivity index (χ0) is 12.4. The summed E-state index contributed by atoms with van der Waals surface area (Å²) in [5.74, 6) is -0.0685. The molecule has 0 spiro atoms. The van der Waals surface area contributed by atoms with Crippen LogP contribution < -0.4 is 5.32 Å². The van der Waals surface area contributed by atoms with Crippen LogP contribution in [0.25, 0.3) is 5.57 Å². The van der Waals surface area contributed by atoms with Crippen molar-refractivity contribution in [2.24, 2.45) is 0 Å². The van der Waals surface area contributed by atoms with E-state index in [1.54, 1.807) is 12.1 Å². The van der Waals surface area contributed by atoms with E-state index in [1.807, 2.05) is 19.1 Å². The van der Waals surface area contributed by atoms with Crippen LogP contribution in [0.5, 0.6) is 0 Å². The zero-order valence-electron chi connectivity index (χ0n) is 9.47. The molecule has 1 amide bonds. The van der Waals surface area contributed by atoms with Gasteiger partial charge in [-0.2, -0.15) is 0 Å². The van der Waals surface area contributed by atoms with E-state index in [-0.39, 0.29) is 5.91 Å².